The average Bonchev–Trinajstić information content (AvgIpc) is 2.43. The van der Waals surface area contributed by atoms with Crippen LogP contribution in [0.15, 0.2) is 0 Å². The first-order valence-corrected chi connectivity index (χ1v) is 5.34. The summed E-state index contributed by atoms with van der Waals surface area (Å²) in [4.78, 5) is 4.56. The zero-order chi connectivity index (χ0) is 10.1. The second kappa shape index (κ2) is 3.73. The van der Waals surface area contributed by atoms with E-state index in [1.54, 1.807) is 0 Å². The molecule has 0 radical (unpaired) electrons. The number of aryl methyl sites for hydroxylation is 1. The molecule has 1 N–H and O–H groups in total. The Labute approximate surface area is 84.8 Å². The van der Waals surface area contributed by atoms with E-state index < -0.39 is 0 Å². The molecule has 0 bridgehead atoms. The number of aliphatic hydroxyl groups is 1. The summed E-state index contributed by atoms with van der Waals surface area (Å²) in [7, 11) is 2.09. The Morgan fingerprint density at radius 1 is 1.57 bits per heavy atom. The van der Waals surface area contributed by atoms with Crippen molar-refractivity contribution in [2.24, 2.45) is 13.0 Å². The summed E-state index contributed by atoms with van der Waals surface area (Å²) in [6, 6.07) is 0. The van der Waals surface area contributed by atoms with Crippen molar-refractivity contribution in [1.82, 2.24) is 9.55 Å². The number of aromatic nitrogens is 2. The molecule has 1 aliphatic carbocycles. The molecule has 1 aromatic rings. The molecular formula is C11H18N2O. The molecule has 0 saturated carbocycles. The maximum atomic E-state index is 8.90. The van der Waals surface area contributed by atoms with Crippen LogP contribution < -0.4 is 0 Å². The SMILES string of the molecule is Cc1nc2c(n1C)CCC(CCO)C2. The quantitative estimate of drug-likeness (QED) is 0.768. The molecule has 1 heterocycles. The normalized spacial score (nSPS) is 20.9. The first kappa shape index (κ1) is 9.71. The summed E-state index contributed by atoms with van der Waals surface area (Å²) in [5, 5.41) is 8.90. The van der Waals surface area contributed by atoms with Crippen molar-refractivity contribution in [2.75, 3.05) is 6.61 Å². The molecule has 1 unspecified atom stereocenters. The zero-order valence-corrected chi connectivity index (χ0v) is 8.95. The summed E-state index contributed by atoms with van der Waals surface area (Å²) < 4.78 is 2.20. The second-order valence-electron chi connectivity index (χ2n) is 4.23. The predicted molar refractivity (Wildman–Crippen MR) is 55.2 cm³/mol. The first-order chi connectivity index (χ1) is 6.72. The Kier molecular flexibility index (Phi) is 2.59. The number of imidazole rings is 1. The summed E-state index contributed by atoms with van der Waals surface area (Å²) in [5.41, 5.74) is 2.66. The minimum absolute atomic E-state index is 0.311. The van der Waals surface area contributed by atoms with Gasteiger partial charge in [0, 0.05) is 19.3 Å². The van der Waals surface area contributed by atoms with E-state index in [9.17, 15) is 0 Å². The number of nitrogens with zero attached hydrogens (tertiary/aromatic N) is 2. The van der Waals surface area contributed by atoms with Gasteiger partial charge in [-0.05, 0) is 38.5 Å². The van der Waals surface area contributed by atoms with E-state index >= 15 is 0 Å². The Bertz CT molecular complexity index is 330. The number of hydrogen-bond donors (Lipinski definition) is 1. The van der Waals surface area contributed by atoms with E-state index in [-0.39, 0.29) is 0 Å². The fourth-order valence-electron chi connectivity index (χ4n) is 2.34. The molecule has 0 spiro atoms. The molecular weight excluding hydrogens is 176 g/mol. The van der Waals surface area contributed by atoms with E-state index in [1.807, 2.05) is 0 Å². The van der Waals surface area contributed by atoms with Gasteiger partial charge in [0.15, 0.2) is 0 Å². The topological polar surface area (TPSA) is 38.0 Å². The highest BCUT2D eigenvalue weighted by molar-refractivity contribution is 5.20. The molecule has 0 amide bonds. The molecule has 14 heavy (non-hydrogen) atoms. The summed E-state index contributed by atoms with van der Waals surface area (Å²) in [5.74, 6) is 1.75. The summed E-state index contributed by atoms with van der Waals surface area (Å²) >= 11 is 0. The fraction of sp³-hybridized carbons (Fsp3) is 0.727. The molecule has 3 nitrogen and oxygen atoms in total. The van der Waals surface area contributed by atoms with Gasteiger partial charge in [0.2, 0.25) is 0 Å². The maximum Gasteiger partial charge on any atom is 0.105 e. The second-order valence-corrected chi connectivity index (χ2v) is 4.23. The standard InChI is InChI=1S/C11H18N2O/c1-8-12-10-7-9(5-6-14)3-4-11(10)13(8)2/h9,14H,3-7H2,1-2H3. The molecule has 0 saturated heterocycles. The van der Waals surface area contributed by atoms with Crippen LogP contribution >= 0.6 is 0 Å². The van der Waals surface area contributed by atoms with Crippen LogP contribution in [0, 0.1) is 12.8 Å². The van der Waals surface area contributed by atoms with E-state index in [0.29, 0.717) is 12.5 Å². The van der Waals surface area contributed by atoms with Gasteiger partial charge >= 0.3 is 0 Å². The van der Waals surface area contributed by atoms with Crippen molar-refractivity contribution in [3.05, 3.63) is 17.2 Å². The van der Waals surface area contributed by atoms with Crippen LogP contribution in [-0.4, -0.2) is 21.3 Å². The third kappa shape index (κ3) is 1.57. The lowest BCUT2D eigenvalue weighted by Crippen LogP contribution is -2.16. The molecule has 0 fully saturated rings. The number of aliphatic hydroxyl groups excluding tert-OH is 1. The Morgan fingerprint density at radius 3 is 3.07 bits per heavy atom. The van der Waals surface area contributed by atoms with Crippen LogP contribution in [-0.2, 0) is 19.9 Å². The summed E-state index contributed by atoms with van der Waals surface area (Å²) in [6.45, 7) is 2.37. The lowest BCUT2D eigenvalue weighted by molar-refractivity contribution is 0.247. The molecule has 78 valence electrons. The summed E-state index contributed by atoms with van der Waals surface area (Å²) in [6.07, 6.45) is 4.30. The van der Waals surface area contributed by atoms with Crippen LogP contribution in [0.1, 0.15) is 30.1 Å². The Balaban J connectivity index is 2.19. The molecule has 0 aromatic carbocycles. The van der Waals surface area contributed by atoms with Gasteiger partial charge < -0.3 is 9.67 Å². The van der Waals surface area contributed by atoms with Gasteiger partial charge in [0.05, 0.1) is 5.69 Å². The molecule has 1 atom stereocenters. The Hall–Kier alpha value is -0.830. The molecule has 2 rings (SSSR count). The average molecular weight is 194 g/mol. The largest absolute Gasteiger partial charge is 0.396 e. The number of fused-ring (bicyclic) bond motifs is 1. The molecule has 3 heteroatoms. The van der Waals surface area contributed by atoms with Crippen molar-refractivity contribution < 1.29 is 5.11 Å². The highest BCUT2D eigenvalue weighted by Gasteiger charge is 2.22. The first-order valence-electron chi connectivity index (χ1n) is 5.34. The van der Waals surface area contributed by atoms with E-state index in [4.69, 9.17) is 5.11 Å². The predicted octanol–water partition coefficient (Wildman–Crippen LogP) is 1.22. The molecule has 1 aromatic heterocycles. The Morgan fingerprint density at radius 2 is 2.36 bits per heavy atom. The van der Waals surface area contributed by atoms with Gasteiger partial charge in [-0.15, -0.1) is 0 Å². The van der Waals surface area contributed by atoms with Crippen molar-refractivity contribution in [1.29, 1.82) is 0 Å². The van der Waals surface area contributed by atoms with Crippen LogP contribution in [0.25, 0.3) is 0 Å². The molecule has 0 aliphatic heterocycles. The highest BCUT2D eigenvalue weighted by atomic mass is 16.3. The smallest absolute Gasteiger partial charge is 0.105 e. The van der Waals surface area contributed by atoms with Gasteiger partial charge in [-0.1, -0.05) is 0 Å². The number of rotatable bonds is 2. The van der Waals surface area contributed by atoms with Gasteiger partial charge in [-0.3, -0.25) is 0 Å². The lowest BCUT2D eigenvalue weighted by atomic mass is 9.88. The van der Waals surface area contributed by atoms with E-state index in [1.165, 1.54) is 17.8 Å². The van der Waals surface area contributed by atoms with Crippen molar-refractivity contribution in [2.45, 2.75) is 32.6 Å². The minimum Gasteiger partial charge on any atom is -0.396 e. The van der Waals surface area contributed by atoms with Crippen LogP contribution in [0.4, 0.5) is 0 Å². The van der Waals surface area contributed by atoms with E-state index in [2.05, 4.69) is 23.5 Å². The lowest BCUT2D eigenvalue weighted by Gasteiger charge is -2.21. The van der Waals surface area contributed by atoms with Crippen molar-refractivity contribution >= 4 is 0 Å². The van der Waals surface area contributed by atoms with Gasteiger partial charge in [0.1, 0.15) is 5.82 Å². The van der Waals surface area contributed by atoms with Crippen molar-refractivity contribution in [3.63, 3.8) is 0 Å². The number of hydrogen-bond acceptors (Lipinski definition) is 2. The monoisotopic (exact) mass is 194 g/mol. The fourth-order valence-corrected chi connectivity index (χ4v) is 2.34. The minimum atomic E-state index is 0.311. The van der Waals surface area contributed by atoms with Gasteiger partial charge in [-0.2, -0.15) is 0 Å². The third-order valence-corrected chi connectivity index (χ3v) is 3.33. The van der Waals surface area contributed by atoms with Crippen LogP contribution in [0.3, 0.4) is 0 Å². The third-order valence-electron chi connectivity index (χ3n) is 3.33. The van der Waals surface area contributed by atoms with Gasteiger partial charge in [-0.25, -0.2) is 4.98 Å². The zero-order valence-electron chi connectivity index (χ0n) is 8.95. The van der Waals surface area contributed by atoms with Crippen LogP contribution in [0.2, 0.25) is 0 Å². The maximum absolute atomic E-state index is 8.90. The van der Waals surface area contributed by atoms with E-state index in [0.717, 1.165) is 25.1 Å². The highest BCUT2D eigenvalue weighted by Crippen LogP contribution is 2.27. The van der Waals surface area contributed by atoms with Crippen LogP contribution in [0.5, 0.6) is 0 Å². The molecule has 1 aliphatic rings. The van der Waals surface area contributed by atoms with Gasteiger partial charge in [0.25, 0.3) is 0 Å². The van der Waals surface area contributed by atoms with Crippen molar-refractivity contribution in [3.8, 4) is 0 Å².